The number of nitrogens with one attached hydrogen (secondary N) is 1. The Labute approximate surface area is 105 Å². The average molecular weight is 261 g/mol. The zero-order valence-corrected chi connectivity index (χ0v) is 10.4. The summed E-state index contributed by atoms with van der Waals surface area (Å²) in [5.41, 5.74) is 0. The summed E-state index contributed by atoms with van der Waals surface area (Å²) in [5, 5.41) is 30.6. The summed E-state index contributed by atoms with van der Waals surface area (Å²) in [5.74, 6) is -3.96. The van der Waals surface area contributed by atoms with Gasteiger partial charge in [-0.2, -0.15) is 0 Å². The lowest BCUT2D eigenvalue weighted by molar-refractivity contribution is -0.263. The van der Waals surface area contributed by atoms with Crippen LogP contribution in [0.2, 0.25) is 0 Å². The van der Waals surface area contributed by atoms with Crippen molar-refractivity contribution in [3.05, 3.63) is 0 Å². The van der Waals surface area contributed by atoms with Gasteiger partial charge in [-0.25, -0.2) is 4.79 Å². The molecule has 1 saturated heterocycles. The number of hydrogen-bond acceptors (Lipinski definition) is 5. The highest BCUT2D eigenvalue weighted by Crippen LogP contribution is 2.29. The van der Waals surface area contributed by atoms with Crippen molar-refractivity contribution in [3.8, 4) is 0 Å². The Morgan fingerprint density at radius 1 is 1.56 bits per heavy atom. The van der Waals surface area contributed by atoms with Crippen LogP contribution >= 0.6 is 0 Å². The minimum atomic E-state index is -2.24. The fourth-order valence-corrected chi connectivity index (χ4v) is 2.06. The van der Waals surface area contributed by atoms with Crippen molar-refractivity contribution in [2.45, 2.75) is 57.1 Å². The summed E-state index contributed by atoms with van der Waals surface area (Å²) in [6, 6.07) is -0.406. The highest BCUT2D eigenvalue weighted by molar-refractivity contribution is 5.76. The maximum absolute atomic E-state index is 11.0. The number of amides is 1. The van der Waals surface area contributed by atoms with Gasteiger partial charge in [-0.1, -0.05) is 0 Å². The van der Waals surface area contributed by atoms with Gasteiger partial charge in [-0.3, -0.25) is 4.79 Å². The number of aliphatic carboxylic acids is 1. The molecule has 0 saturated carbocycles. The van der Waals surface area contributed by atoms with Crippen LogP contribution in [-0.2, 0) is 14.3 Å². The highest BCUT2D eigenvalue weighted by atomic mass is 16.7. The molecule has 0 unspecified atom stereocenters. The van der Waals surface area contributed by atoms with Crippen LogP contribution in [0.5, 0.6) is 0 Å². The number of carbonyl (C=O) groups excluding carboxylic acids is 1. The third-order valence-corrected chi connectivity index (χ3v) is 2.89. The van der Waals surface area contributed by atoms with E-state index in [4.69, 9.17) is 9.84 Å². The zero-order chi connectivity index (χ0) is 13.9. The van der Waals surface area contributed by atoms with Crippen LogP contribution in [0.3, 0.4) is 0 Å². The summed E-state index contributed by atoms with van der Waals surface area (Å²) >= 11 is 0. The third-order valence-electron chi connectivity index (χ3n) is 2.89. The molecule has 0 aromatic heterocycles. The maximum atomic E-state index is 11.0. The Bertz CT molecular complexity index is 331. The molecule has 0 aromatic rings. The first-order chi connectivity index (χ1) is 8.24. The van der Waals surface area contributed by atoms with Crippen LogP contribution in [0.25, 0.3) is 0 Å². The lowest BCUT2D eigenvalue weighted by Crippen LogP contribution is -2.57. The lowest BCUT2D eigenvalue weighted by Gasteiger charge is -2.40. The Balaban J connectivity index is 2.78. The third kappa shape index (κ3) is 3.66. The molecule has 0 aliphatic carbocycles. The molecular formula is C11H19NO6. The van der Waals surface area contributed by atoms with Crippen molar-refractivity contribution in [2.75, 3.05) is 0 Å². The van der Waals surface area contributed by atoms with Crippen LogP contribution in [-0.4, -0.2) is 51.2 Å². The molecule has 1 heterocycles. The van der Waals surface area contributed by atoms with Gasteiger partial charge in [0, 0.05) is 19.8 Å². The molecule has 1 amide bonds. The molecule has 7 nitrogen and oxygen atoms in total. The SMILES string of the molecule is CC(=O)N[C@@H]1CC[C@@](O)(C(=O)O)O[C@H]1C[C@@H](C)O. The molecule has 7 heteroatoms. The van der Waals surface area contributed by atoms with E-state index in [-0.39, 0.29) is 25.2 Å². The number of hydrogen-bond donors (Lipinski definition) is 4. The van der Waals surface area contributed by atoms with E-state index in [1.165, 1.54) is 13.8 Å². The fourth-order valence-electron chi connectivity index (χ4n) is 2.06. The lowest BCUT2D eigenvalue weighted by atomic mass is 9.93. The van der Waals surface area contributed by atoms with Gasteiger partial charge in [-0.05, 0) is 13.3 Å². The number of carboxylic acid groups (broad SMARTS) is 1. The Kier molecular flexibility index (Phi) is 4.66. The minimum Gasteiger partial charge on any atom is -0.477 e. The number of ether oxygens (including phenoxy) is 1. The van der Waals surface area contributed by atoms with E-state index in [9.17, 15) is 19.8 Å². The molecule has 104 valence electrons. The number of carboxylic acids is 1. The molecule has 0 aromatic carbocycles. The first-order valence-electron chi connectivity index (χ1n) is 5.83. The Morgan fingerprint density at radius 3 is 2.61 bits per heavy atom. The Morgan fingerprint density at radius 2 is 2.17 bits per heavy atom. The monoisotopic (exact) mass is 261 g/mol. The van der Waals surface area contributed by atoms with E-state index in [2.05, 4.69) is 5.32 Å². The van der Waals surface area contributed by atoms with Crippen molar-refractivity contribution >= 4 is 11.9 Å². The summed E-state index contributed by atoms with van der Waals surface area (Å²) in [6.45, 7) is 2.88. The molecule has 4 atom stereocenters. The van der Waals surface area contributed by atoms with E-state index in [0.29, 0.717) is 0 Å². The van der Waals surface area contributed by atoms with Crippen molar-refractivity contribution in [3.63, 3.8) is 0 Å². The molecule has 18 heavy (non-hydrogen) atoms. The van der Waals surface area contributed by atoms with E-state index in [0.717, 1.165) is 0 Å². The van der Waals surface area contributed by atoms with Crippen LogP contribution in [0.1, 0.15) is 33.1 Å². The topological polar surface area (TPSA) is 116 Å². The average Bonchev–Trinajstić information content (AvgIpc) is 2.20. The van der Waals surface area contributed by atoms with Crippen LogP contribution in [0.15, 0.2) is 0 Å². The van der Waals surface area contributed by atoms with Gasteiger partial charge < -0.3 is 25.4 Å². The number of rotatable bonds is 4. The first kappa shape index (κ1) is 14.9. The van der Waals surface area contributed by atoms with Gasteiger partial charge in [0.15, 0.2) is 0 Å². The van der Waals surface area contributed by atoms with Gasteiger partial charge in [-0.15, -0.1) is 0 Å². The highest BCUT2D eigenvalue weighted by Gasteiger charge is 2.46. The van der Waals surface area contributed by atoms with E-state index in [1.54, 1.807) is 0 Å². The van der Waals surface area contributed by atoms with Crippen molar-refractivity contribution in [1.29, 1.82) is 0 Å². The van der Waals surface area contributed by atoms with Gasteiger partial charge >= 0.3 is 5.97 Å². The van der Waals surface area contributed by atoms with E-state index in [1.807, 2.05) is 0 Å². The second-order valence-corrected chi connectivity index (χ2v) is 4.68. The van der Waals surface area contributed by atoms with Crippen molar-refractivity contribution < 1.29 is 29.6 Å². The van der Waals surface area contributed by atoms with Gasteiger partial charge in [0.2, 0.25) is 5.91 Å². The van der Waals surface area contributed by atoms with Crippen LogP contribution < -0.4 is 5.32 Å². The molecule has 1 fully saturated rings. The predicted octanol–water partition coefficient (Wildman–Crippen LogP) is -0.786. The Hall–Kier alpha value is -1.18. The van der Waals surface area contributed by atoms with E-state index >= 15 is 0 Å². The maximum Gasteiger partial charge on any atom is 0.364 e. The summed E-state index contributed by atoms with van der Waals surface area (Å²) in [4.78, 5) is 21.9. The van der Waals surface area contributed by atoms with Crippen LogP contribution in [0, 0.1) is 0 Å². The smallest absolute Gasteiger partial charge is 0.364 e. The van der Waals surface area contributed by atoms with Crippen molar-refractivity contribution in [1.82, 2.24) is 5.32 Å². The summed E-state index contributed by atoms with van der Waals surface area (Å²) in [6.07, 6.45) is -1.14. The zero-order valence-electron chi connectivity index (χ0n) is 10.4. The van der Waals surface area contributed by atoms with Gasteiger partial charge in [0.1, 0.15) is 0 Å². The van der Waals surface area contributed by atoms with Crippen molar-refractivity contribution in [2.24, 2.45) is 0 Å². The second kappa shape index (κ2) is 5.64. The molecule has 4 N–H and O–H groups in total. The molecule has 1 aliphatic rings. The standard InChI is InChI=1S/C11H19NO6/c1-6(13)5-9-8(12-7(2)14)3-4-11(17,18-9)10(15)16/h6,8-9,13,17H,3-5H2,1-2H3,(H,12,14)(H,15,16)/t6-,8-,9+,11+/m1/s1. The van der Waals surface area contributed by atoms with Gasteiger partial charge in [0.25, 0.3) is 5.79 Å². The predicted molar refractivity (Wildman–Crippen MR) is 60.6 cm³/mol. The van der Waals surface area contributed by atoms with E-state index < -0.39 is 30.0 Å². The molecule has 1 rings (SSSR count). The quantitative estimate of drug-likeness (QED) is 0.527. The summed E-state index contributed by atoms with van der Waals surface area (Å²) in [7, 11) is 0. The molecular weight excluding hydrogens is 242 g/mol. The normalized spacial score (nSPS) is 33.8. The number of aliphatic hydroxyl groups excluding tert-OH is 1. The molecule has 1 aliphatic heterocycles. The number of aliphatic hydroxyl groups is 2. The fraction of sp³-hybridized carbons (Fsp3) is 0.818. The molecule has 0 radical (unpaired) electrons. The van der Waals surface area contributed by atoms with Gasteiger partial charge in [0.05, 0.1) is 18.2 Å². The largest absolute Gasteiger partial charge is 0.477 e. The number of carbonyl (C=O) groups is 2. The summed E-state index contributed by atoms with van der Waals surface area (Å²) < 4.78 is 5.14. The first-order valence-corrected chi connectivity index (χ1v) is 5.83. The molecule has 0 spiro atoms. The second-order valence-electron chi connectivity index (χ2n) is 4.68. The molecule has 0 bridgehead atoms. The minimum absolute atomic E-state index is 0.108. The van der Waals surface area contributed by atoms with Crippen LogP contribution in [0.4, 0.5) is 0 Å².